The van der Waals surface area contributed by atoms with Gasteiger partial charge < -0.3 is 19.9 Å². The number of hydrogen-bond acceptors (Lipinski definition) is 4. The van der Waals surface area contributed by atoms with Crippen molar-refractivity contribution < 1.29 is 27.4 Å². The summed E-state index contributed by atoms with van der Waals surface area (Å²) in [7, 11) is 1.52. The van der Waals surface area contributed by atoms with Gasteiger partial charge in [0.1, 0.15) is 6.61 Å². The van der Waals surface area contributed by atoms with E-state index in [1.165, 1.54) is 7.11 Å². The van der Waals surface area contributed by atoms with E-state index >= 15 is 0 Å². The molecule has 0 amide bonds. The largest absolute Gasteiger partial charge is 0.411 e. The van der Waals surface area contributed by atoms with Gasteiger partial charge in [-0.1, -0.05) is 0 Å². The van der Waals surface area contributed by atoms with Crippen LogP contribution < -0.4 is 5.73 Å². The zero-order chi connectivity index (χ0) is 12.2. The molecule has 0 heterocycles. The Kier molecular flexibility index (Phi) is 4.97. The number of halogens is 3. The molecule has 7 heteroatoms. The number of alkyl halides is 3. The number of ether oxygens (including phenoxy) is 3. The third-order valence-electron chi connectivity index (χ3n) is 2.35. The van der Waals surface area contributed by atoms with Crippen LogP contribution in [0, 0.1) is 0 Å². The van der Waals surface area contributed by atoms with Crippen LogP contribution >= 0.6 is 0 Å². The Morgan fingerprint density at radius 2 is 1.94 bits per heavy atom. The maximum atomic E-state index is 11.9. The van der Waals surface area contributed by atoms with Crippen LogP contribution in [-0.2, 0) is 14.2 Å². The highest BCUT2D eigenvalue weighted by atomic mass is 19.4. The van der Waals surface area contributed by atoms with Gasteiger partial charge in [0, 0.05) is 13.2 Å². The zero-order valence-electron chi connectivity index (χ0n) is 9.00. The lowest BCUT2D eigenvalue weighted by Gasteiger charge is -2.41. The Morgan fingerprint density at radius 1 is 1.25 bits per heavy atom. The lowest BCUT2D eigenvalue weighted by molar-refractivity contribution is -0.219. The van der Waals surface area contributed by atoms with E-state index in [1.54, 1.807) is 0 Å². The van der Waals surface area contributed by atoms with Crippen molar-refractivity contribution in [1.82, 2.24) is 0 Å². The van der Waals surface area contributed by atoms with Crippen molar-refractivity contribution in [1.29, 1.82) is 0 Å². The first-order chi connectivity index (χ1) is 7.44. The molecule has 0 aromatic rings. The molecule has 2 N–H and O–H groups in total. The van der Waals surface area contributed by atoms with Crippen molar-refractivity contribution in [2.45, 2.75) is 30.8 Å². The standard InChI is InChI=1S/C9H16F3NO3/c1-14-2-3-15-8-6(13)4-7(8)16-5-9(10,11)12/h6-8H,2-5,13H2,1H3. The van der Waals surface area contributed by atoms with E-state index in [0.717, 1.165) is 0 Å². The quantitative estimate of drug-likeness (QED) is 0.698. The van der Waals surface area contributed by atoms with Crippen LogP contribution in [0.25, 0.3) is 0 Å². The van der Waals surface area contributed by atoms with Crippen LogP contribution in [-0.4, -0.2) is 51.4 Å². The van der Waals surface area contributed by atoms with Crippen LogP contribution in [0.3, 0.4) is 0 Å². The number of nitrogens with two attached hydrogens (primary N) is 1. The maximum absolute atomic E-state index is 11.9. The van der Waals surface area contributed by atoms with Gasteiger partial charge in [-0.05, 0) is 6.42 Å². The molecule has 0 bridgehead atoms. The summed E-state index contributed by atoms with van der Waals surface area (Å²) in [5, 5.41) is 0. The predicted octanol–water partition coefficient (Wildman–Crippen LogP) is 0.697. The topological polar surface area (TPSA) is 53.7 Å². The van der Waals surface area contributed by atoms with Gasteiger partial charge in [-0.3, -0.25) is 0 Å². The minimum atomic E-state index is -4.31. The molecule has 0 aliphatic heterocycles. The molecule has 0 spiro atoms. The number of methoxy groups -OCH3 is 1. The van der Waals surface area contributed by atoms with E-state index in [0.29, 0.717) is 19.6 Å². The van der Waals surface area contributed by atoms with E-state index in [2.05, 4.69) is 4.74 Å². The highest BCUT2D eigenvalue weighted by molar-refractivity contribution is 4.95. The highest BCUT2D eigenvalue weighted by Gasteiger charge is 2.42. The molecule has 1 fully saturated rings. The minimum Gasteiger partial charge on any atom is -0.382 e. The van der Waals surface area contributed by atoms with Gasteiger partial charge >= 0.3 is 6.18 Å². The first kappa shape index (κ1) is 13.7. The van der Waals surface area contributed by atoms with E-state index in [9.17, 15) is 13.2 Å². The van der Waals surface area contributed by atoms with Crippen molar-refractivity contribution in [3.63, 3.8) is 0 Å². The van der Waals surface area contributed by atoms with Gasteiger partial charge in [-0.25, -0.2) is 0 Å². The molecule has 0 aromatic carbocycles. The molecular formula is C9H16F3NO3. The summed E-state index contributed by atoms with van der Waals surface area (Å²) in [4.78, 5) is 0. The molecule has 0 aromatic heterocycles. The van der Waals surface area contributed by atoms with Crippen LogP contribution in [0.4, 0.5) is 13.2 Å². The second-order valence-corrected chi connectivity index (χ2v) is 3.69. The molecule has 1 aliphatic rings. The highest BCUT2D eigenvalue weighted by Crippen LogP contribution is 2.27. The Bertz CT molecular complexity index is 213. The minimum absolute atomic E-state index is 0.255. The third kappa shape index (κ3) is 4.25. The fraction of sp³-hybridized carbons (Fsp3) is 1.00. The van der Waals surface area contributed by atoms with Gasteiger partial charge in [-0.15, -0.1) is 0 Å². The molecule has 3 unspecified atom stereocenters. The lowest BCUT2D eigenvalue weighted by atomic mass is 9.86. The van der Waals surface area contributed by atoms with Crippen molar-refractivity contribution in [2.75, 3.05) is 26.9 Å². The van der Waals surface area contributed by atoms with E-state index in [4.69, 9.17) is 15.2 Å². The summed E-state index contributed by atoms with van der Waals surface area (Å²) in [6.45, 7) is -0.565. The first-order valence-corrected chi connectivity index (χ1v) is 4.98. The van der Waals surface area contributed by atoms with E-state index in [-0.39, 0.29) is 6.04 Å². The number of rotatable bonds is 6. The monoisotopic (exact) mass is 243 g/mol. The second-order valence-electron chi connectivity index (χ2n) is 3.69. The Hall–Kier alpha value is -0.370. The second kappa shape index (κ2) is 5.81. The summed E-state index contributed by atoms with van der Waals surface area (Å²) in [5.74, 6) is 0. The van der Waals surface area contributed by atoms with Gasteiger partial charge in [-0.2, -0.15) is 13.2 Å². The Balaban J connectivity index is 2.22. The SMILES string of the molecule is COCCOC1C(N)CC1OCC(F)(F)F. The average molecular weight is 243 g/mol. The summed E-state index contributed by atoms with van der Waals surface area (Å²) >= 11 is 0. The molecule has 1 aliphatic carbocycles. The molecule has 96 valence electrons. The smallest absolute Gasteiger partial charge is 0.382 e. The molecule has 0 saturated heterocycles. The fourth-order valence-corrected chi connectivity index (χ4v) is 1.48. The molecule has 16 heavy (non-hydrogen) atoms. The summed E-state index contributed by atoms with van der Waals surface area (Å²) in [5.41, 5.74) is 5.61. The van der Waals surface area contributed by atoms with Crippen molar-refractivity contribution >= 4 is 0 Å². The van der Waals surface area contributed by atoms with Crippen molar-refractivity contribution in [2.24, 2.45) is 5.73 Å². The van der Waals surface area contributed by atoms with Crippen LogP contribution in [0.2, 0.25) is 0 Å². The first-order valence-electron chi connectivity index (χ1n) is 4.98. The fourth-order valence-electron chi connectivity index (χ4n) is 1.48. The molecule has 1 saturated carbocycles. The van der Waals surface area contributed by atoms with Gasteiger partial charge in [0.15, 0.2) is 0 Å². The third-order valence-corrected chi connectivity index (χ3v) is 2.35. The zero-order valence-corrected chi connectivity index (χ0v) is 9.00. The molecule has 3 atom stereocenters. The van der Waals surface area contributed by atoms with E-state index < -0.39 is 25.0 Å². The molecule has 1 rings (SSSR count). The van der Waals surface area contributed by atoms with E-state index in [1.807, 2.05) is 0 Å². The van der Waals surface area contributed by atoms with Gasteiger partial charge in [0.25, 0.3) is 0 Å². The summed E-state index contributed by atoms with van der Waals surface area (Å²) in [6, 6.07) is -0.255. The summed E-state index contributed by atoms with van der Waals surface area (Å²) in [6.07, 6.45) is -4.93. The van der Waals surface area contributed by atoms with Crippen molar-refractivity contribution in [3.05, 3.63) is 0 Å². The van der Waals surface area contributed by atoms with Gasteiger partial charge in [0.2, 0.25) is 0 Å². The molecule has 4 nitrogen and oxygen atoms in total. The maximum Gasteiger partial charge on any atom is 0.411 e. The molecule has 0 radical (unpaired) electrons. The Morgan fingerprint density at radius 3 is 2.44 bits per heavy atom. The van der Waals surface area contributed by atoms with Crippen LogP contribution in [0.15, 0.2) is 0 Å². The predicted molar refractivity (Wildman–Crippen MR) is 50.0 cm³/mol. The normalized spacial score (nSPS) is 30.2. The van der Waals surface area contributed by atoms with Crippen molar-refractivity contribution in [3.8, 4) is 0 Å². The summed E-state index contributed by atoms with van der Waals surface area (Å²) < 4.78 is 50.4. The van der Waals surface area contributed by atoms with Crippen LogP contribution in [0.1, 0.15) is 6.42 Å². The lowest BCUT2D eigenvalue weighted by Crippen LogP contribution is -2.58. The van der Waals surface area contributed by atoms with Gasteiger partial charge in [0.05, 0.1) is 25.4 Å². The van der Waals surface area contributed by atoms with Crippen LogP contribution in [0.5, 0.6) is 0 Å². The molecular weight excluding hydrogens is 227 g/mol. The Labute approximate surface area is 91.8 Å². The average Bonchev–Trinajstić information content (AvgIpc) is 2.17. The number of hydrogen-bond donors (Lipinski definition) is 1.